The second-order valence-corrected chi connectivity index (χ2v) is 6.02. The zero-order valence-corrected chi connectivity index (χ0v) is 10.0. The van der Waals surface area contributed by atoms with Crippen LogP contribution in [-0.2, 0) is 0 Å². The highest BCUT2D eigenvalue weighted by atomic mass is 16.2. The van der Waals surface area contributed by atoms with Gasteiger partial charge in [0, 0.05) is 19.1 Å². The van der Waals surface area contributed by atoms with E-state index in [0.29, 0.717) is 17.4 Å². The fourth-order valence-electron chi connectivity index (χ4n) is 2.15. The molecule has 15 heavy (non-hydrogen) atoms. The maximum absolute atomic E-state index is 11.8. The fourth-order valence-corrected chi connectivity index (χ4v) is 2.15. The zero-order chi connectivity index (χ0) is 11.1. The van der Waals surface area contributed by atoms with Crippen LogP contribution in [0, 0.1) is 11.3 Å². The van der Waals surface area contributed by atoms with Crippen molar-refractivity contribution in [1.82, 2.24) is 10.2 Å². The average molecular weight is 210 g/mol. The zero-order valence-electron chi connectivity index (χ0n) is 10.0. The minimum Gasteiger partial charge on any atom is -0.335 e. The summed E-state index contributed by atoms with van der Waals surface area (Å²) in [5.74, 6) is 0.655. The number of carbonyl (C=O) groups excluding carboxylic acids is 1. The van der Waals surface area contributed by atoms with Crippen molar-refractivity contribution in [3.63, 3.8) is 0 Å². The number of amides is 2. The summed E-state index contributed by atoms with van der Waals surface area (Å²) < 4.78 is 0. The highest BCUT2D eigenvalue weighted by molar-refractivity contribution is 5.75. The van der Waals surface area contributed by atoms with E-state index in [1.165, 1.54) is 12.8 Å². The molecule has 1 saturated heterocycles. The molecule has 1 saturated carbocycles. The molecule has 1 atom stereocenters. The Morgan fingerprint density at radius 3 is 2.40 bits per heavy atom. The second kappa shape index (κ2) is 3.69. The van der Waals surface area contributed by atoms with E-state index in [0.717, 1.165) is 19.5 Å². The van der Waals surface area contributed by atoms with E-state index >= 15 is 0 Å². The van der Waals surface area contributed by atoms with E-state index in [1.807, 2.05) is 4.90 Å². The lowest BCUT2D eigenvalue weighted by atomic mass is 9.80. The van der Waals surface area contributed by atoms with Gasteiger partial charge in [0.2, 0.25) is 0 Å². The van der Waals surface area contributed by atoms with Crippen molar-refractivity contribution in [2.24, 2.45) is 11.3 Å². The van der Waals surface area contributed by atoms with Crippen molar-refractivity contribution in [3.05, 3.63) is 0 Å². The summed E-state index contributed by atoms with van der Waals surface area (Å²) in [7, 11) is 0. The summed E-state index contributed by atoms with van der Waals surface area (Å²) >= 11 is 0. The number of carbonyl (C=O) groups is 1. The van der Waals surface area contributed by atoms with E-state index in [4.69, 9.17) is 0 Å². The van der Waals surface area contributed by atoms with Gasteiger partial charge in [-0.05, 0) is 30.6 Å². The van der Waals surface area contributed by atoms with Gasteiger partial charge in [-0.25, -0.2) is 4.79 Å². The van der Waals surface area contributed by atoms with E-state index in [-0.39, 0.29) is 6.03 Å². The van der Waals surface area contributed by atoms with Gasteiger partial charge in [0.1, 0.15) is 0 Å². The smallest absolute Gasteiger partial charge is 0.317 e. The molecule has 2 aliphatic rings. The number of nitrogens with zero attached hydrogens (tertiary/aromatic N) is 1. The van der Waals surface area contributed by atoms with Crippen molar-refractivity contribution in [1.29, 1.82) is 0 Å². The molecule has 1 aliphatic carbocycles. The minimum absolute atomic E-state index is 0.157. The molecule has 1 N–H and O–H groups in total. The second-order valence-electron chi connectivity index (χ2n) is 6.02. The highest BCUT2D eigenvalue weighted by Crippen LogP contribution is 2.33. The van der Waals surface area contributed by atoms with Crippen LogP contribution in [-0.4, -0.2) is 30.1 Å². The van der Waals surface area contributed by atoms with Crippen molar-refractivity contribution in [3.8, 4) is 0 Å². The topological polar surface area (TPSA) is 32.3 Å². The molecule has 3 nitrogen and oxygen atoms in total. The van der Waals surface area contributed by atoms with Gasteiger partial charge >= 0.3 is 6.03 Å². The summed E-state index contributed by atoms with van der Waals surface area (Å²) in [6, 6.07) is 0.635. The third-order valence-electron chi connectivity index (χ3n) is 3.61. The number of rotatable bonds is 1. The van der Waals surface area contributed by atoms with Gasteiger partial charge in [0.15, 0.2) is 0 Å². The summed E-state index contributed by atoms with van der Waals surface area (Å²) in [6.07, 6.45) is 3.49. The van der Waals surface area contributed by atoms with Gasteiger partial charge in [-0.15, -0.1) is 0 Å². The standard InChI is InChI=1S/C12H22N2O/c1-12(2,3)9-6-7-14(8-9)11(15)13-10-4-5-10/h9-10H,4-8H2,1-3H3,(H,13,15). The minimum atomic E-state index is 0.157. The first-order valence-corrected chi connectivity index (χ1v) is 6.02. The van der Waals surface area contributed by atoms with E-state index in [9.17, 15) is 4.79 Å². The van der Waals surface area contributed by atoms with Crippen molar-refractivity contribution < 1.29 is 4.79 Å². The molecule has 3 heteroatoms. The van der Waals surface area contributed by atoms with Crippen LogP contribution in [0.25, 0.3) is 0 Å². The third kappa shape index (κ3) is 2.64. The molecule has 0 spiro atoms. The summed E-state index contributed by atoms with van der Waals surface area (Å²) in [5.41, 5.74) is 0.328. The van der Waals surface area contributed by atoms with Crippen molar-refractivity contribution >= 4 is 6.03 Å². The molecule has 0 aromatic heterocycles. The Morgan fingerprint density at radius 2 is 1.93 bits per heavy atom. The molecule has 0 aromatic carbocycles. The Hall–Kier alpha value is -0.730. The molecule has 0 aromatic rings. The van der Waals surface area contributed by atoms with Crippen LogP contribution in [0.1, 0.15) is 40.0 Å². The Balaban J connectivity index is 1.83. The molecule has 2 fully saturated rings. The average Bonchev–Trinajstić information content (AvgIpc) is 2.80. The fraction of sp³-hybridized carbons (Fsp3) is 0.917. The highest BCUT2D eigenvalue weighted by Gasteiger charge is 2.35. The van der Waals surface area contributed by atoms with Gasteiger partial charge in [0.05, 0.1) is 0 Å². The van der Waals surface area contributed by atoms with Gasteiger partial charge in [-0.1, -0.05) is 20.8 Å². The van der Waals surface area contributed by atoms with Gasteiger partial charge < -0.3 is 10.2 Å². The monoisotopic (exact) mass is 210 g/mol. The molecule has 1 unspecified atom stereocenters. The Labute approximate surface area is 92.2 Å². The molecule has 1 heterocycles. The first-order chi connectivity index (χ1) is 6.97. The van der Waals surface area contributed by atoms with E-state index in [1.54, 1.807) is 0 Å². The van der Waals surface area contributed by atoms with Crippen LogP contribution in [0.4, 0.5) is 4.79 Å². The lowest BCUT2D eigenvalue weighted by Gasteiger charge is -2.27. The van der Waals surface area contributed by atoms with Crippen LogP contribution in [0.3, 0.4) is 0 Å². The number of hydrogen-bond acceptors (Lipinski definition) is 1. The number of likely N-dealkylation sites (tertiary alicyclic amines) is 1. The van der Waals surface area contributed by atoms with Crippen molar-refractivity contribution in [2.45, 2.75) is 46.1 Å². The predicted molar refractivity (Wildman–Crippen MR) is 60.7 cm³/mol. The largest absolute Gasteiger partial charge is 0.335 e. The summed E-state index contributed by atoms with van der Waals surface area (Å²) in [6.45, 7) is 8.66. The molecule has 2 rings (SSSR count). The maximum Gasteiger partial charge on any atom is 0.317 e. The van der Waals surface area contributed by atoms with Gasteiger partial charge in [-0.3, -0.25) is 0 Å². The lowest BCUT2D eigenvalue weighted by Crippen LogP contribution is -2.40. The van der Waals surface area contributed by atoms with Crippen molar-refractivity contribution in [2.75, 3.05) is 13.1 Å². The number of nitrogens with one attached hydrogen (secondary N) is 1. The van der Waals surface area contributed by atoms with Gasteiger partial charge in [-0.2, -0.15) is 0 Å². The molecule has 1 aliphatic heterocycles. The molecular weight excluding hydrogens is 188 g/mol. The summed E-state index contributed by atoms with van der Waals surface area (Å²) in [4.78, 5) is 13.8. The number of hydrogen-bond donors (Lipinski definition) is 1. The Bertz CT molecular complexity index is 253. The molecular formula is C12H22N2O. The Kier molecular flexibility index (Phi) is 2.65. The van der Waals surface area contributed by atoms with Crippen LogP contribution in [0.5, 0.6) is 0 Å². The Morgan fingerprint density at radius 1 is 1.27 bits per heavy atom. The summed E-state index contributed by atoms with van der Waals surface area (Å²) in [5, 5.41) is 3.05. The SMILES string of the molecule is CC(C)(C)C1CCN(C(=O)NC2CC2)C1. The quantitative estimate of drug-likeness (QED) is 0.707. The van der Waals surface area contributed by atoms with Crippen LogP contribution in [0.2, 0.25) is 0 Å². The first-order valence-electron chi connectivity index (χ1n) is 6.02. The third-order valence-corrected chi connectivity index (χ3v) is 3.61. The van der Waals surface area contributed by atoms with Gasteiger partial charge in [0.25, 0.3) is 0 Å². The molecule has 0 radical (unpaired) electrons. The van der Waals surface area contributed by atoms with E-state index < -0.39 is 0 Å². The maximum atomic E-state index is 11.8. The lowest BCUT2D eigenvalue weighted by molar-refractivity contribution is 0.196. The molecule has 0 bridgehead atoms. The van der Waals surface area contributed by atoms with Crippen LogP contribution < -0.4 is 5.32 Å². The molecule has 86 valence electrons. The first kappa shape index (κ1) is 10.8. The molecule has 2 amide bonds. The van der Waals surface area contributed by atoms with Crippen LogP contribution in [0.15, 0.2) is 0 Å². The van der Waals surface area contributed by atoms with E-state index in [2.05, 4.69) is 26.1 Å². The van der Waals surface area contributed by atoms with Crippen LogP contribution >= 0.6 is 0 Å². The normalized spacial score (nSPS) is 26.9. The number of urea groups is 1. The predicted octanol–water partition coefficient (Wildman–Crippen LogP) is 2.23.